The number of hydrogen-bond donors (Lipinski definition) is 5. The Balaban J connectivity index is 1.60. The molecule has 10 heteroatoms. The number of phenolic OH excluding ortho intramolecular Hbond substituents is 1. The van der Waals surface area contributed by atoms with Crippen molar-refractivity contribution in [3.8, 4) is 22.6 Å². The zero-order valence-electron chi connectivity index (χ0n) is 21.1. The Labute approximate surface area is 216 Å². The number of aromatic carboxylic acids is 1. The van der Waals surface area contributed by atoms with E-state index in [0.717, 1.165) is 34.3 Å². The van der Waals surface area contributed by atoms with Gasteiger partial charge in [-0.15, -0.1) is 0 Å². The van der Waals surface area contributed by atoms with E-state index in [9.17, 15) is 28.5 Å². The normalized spacial score (nSPS) is 13.1. The molecule has 9 nitrogen and oxygen atoms in total. The van der Waals surface area contributed by atoms with Crippen LogP contribution in [0.4, 0.5) is 5.69 Å². The van der Waals surface area contributed by atoms with Gasteiger partial charge in [0.2, 0.25) is 10.0 Å². The van der Waals surface area contributed by atoms with Gasteiger partial charge in [-0.1, -0.05) is 18.2 Å². The highest BCUT2D eigenvalue weighted by molar-refractivity contribution is 7.92. The molecule has 0 saturated heterocycles. The summed E-state index contributed by atoms with van der Waals surface area (Å²) in [5, 5.41) is 33.0. The summed E-state index contributed by atoms with van der Waals surface area (Å²) in [5.41, 5.74) is 4.21. The lowest BCUT2D eigenvalue weighted by Crippen LogP contribution is -2.35. The first-order chi connectivity index (χ1) is 17.4. The summed E-state index contributed by atoms with van der Waals surface area (Å²) in [5.74, 6) is -0.469. The third-order valence-corrected chi connectivity index (χ3v) is 6.44. The lowest BCUT2D eigenvalue weighted by molar-refractivity contribution is 0.0697. The fourth-order valence-corrected chi connectivity index (χ4v) is 4.60. The molecule has 0 fully saturated rings. The van der Waals surface area contributed by atoms with E-state index in [0.29, 0.717) is 18.7 Å². The summed E-state index contributed by atoms with van der Waals surface area (Å²) in [6, 6.07) is 14.6. The Kier molecular flexibility index (Phi) is 8.80. The van der Waals surface area contributed by atoms with Crippen LogP contribution in [0.5, 0.6) is 11.5 Å². The summed E-state index contributed by atoms with van der Waals surface area (Å²) < 4.78 is 31.2. The summed E-state index contributed by atoms with van der Waals surface area (Å²) in [7, 11) is -3.58. The molecule has 3 aromatic rings. The molecule has 0 bridgehead atoms. The van der Waals surface area contributed by atoms with Gasteiger partial charge in [0.1, 0.15) is 18.1 Å². The van der Waals surface area contributed by atoms with Gasteiger partial charge in [-0.2, -0.15) is 0 Å². The summed E-state index contributed by atoms with van der Waals surface area (Å²) in [6.07, 6.45) is 0.0260. The van der Waals surface area contributed by atoms with E-state index < -0.39 is 22.1 Å². The van der Waals surface area contributed by atoms with E-state index in [1.807, 2.05) is 32.0 Å². The average Bonchev–Trinajstić information content (AvgIpc) is 2.83. The molecule has 37 heavy (non-hydrogen) atoms. The van der Waals surface area contributed by atoms with Gasteiger partial charge < -0.3 is 25.4 Å². The molecule has 0 amide bonds. The Bertz CT molecular complexity index is 1370. The number of carboxylic acids is 1. The molecule has 0 heterocycles. The van der Waals surface area contributed by atoms with Crippen LogP contribution in [0, 0.1) is 13.8 Å². The molecule has 3 aromatic carbocycles. The van der Waals surface area contributed by atoms with Crippen LogP contribution >= 0.6 is 0 Å². The second-order valence-corrected chi connectivity index (χ2v) is 10.8. The van der Waals surface area contributed by atoms with Gasteiger partial charge >= 0.3 is 5.97 Å². The fourth-order valence-electron chi connectivity index (χ4n) is 4.04. The van der Waals surface area contributed by atoms with E-state index in [-0.39, 0.29) is 23.0 Å². The molecule has 0 saturated carbocycles. The number of phenols is 1. The van der Waals surface area contributed by atoms with Crippen LogP contribution in [0.15, 0.2) is 54.6 Å². The molecule has 0 radical (unpaired) electrons. The summed E-state index contributed by atoms with van der Waals surface area (Å²) >= 11 is 0. The molecular weight excluding hydrogens is 496 g/mol. The van der Waals surface area contributed by atoms with Crippen molar-refractivity contribution >= 4 is 21.7 Å². The lowest BCUT2D eigenvalue weighted by Gasteiger charge is -2.22. The molecule has 0 spiro atoms. The van der Waals surface area contributed by atoms with Crippen molar-refractivity contribution in [2.24, 2.45) is 0 Å². The largest absolute Gasteiger partial charge is 0.506 e. The SMILES string of the molecule is Cc1cc(-c2cccc(C(=O)O)c2)cc(C)c1OCCN[C@@H](C)[C@H](O)c1ccc(O)c(NS(C)(=O)=O)c1. The number of hydrogen-bond acceptors (Lipinski definition) is 7. The van der Waals surface area contributed by atoms with E-state index in [1.54, 1.807) is 25.1 Å². The van der Waals surface area contributed by atoms with Crippen LogP contribution in [0.3, 0.4) is 0 Å². The highest BCUT2D eigenvalue weighted by Crippen LogP contribution is 2.31. The lowest BCUT2D eigenvalue weighted by atomic mass is 9.98. The maximum absolute atomic E-state index is 11.5. The van der Waals surface area contributed by atoms with Crippen molar-refractivity contribution in [2.75, 3.05) is 24.1 Å². The molecule has 0 aromatic heterocycles. The highest BCUT2D eigenvalue weighted by Gasteiger charge is 2.18. The molecule has 0 aliphatic rings. The second kappa shape index (κ2) is 11.6. The van der Waals surface area contributed by atoms with E-state index in [1.165, 1.54) is 18.2 Å². The number of anilines is 1. The molecule has 0 aliphatic carbocycles. The number of ether oxygens (including phenoxy) is 1. The summed E-state index contributed by atoms with van der Waals surface area (Å²) in [6.45, 7) is 6.42. The number of rotatable bonds is 11. The number of benzene rings is 3. The van der Waals surface area contributed by atoms with Gasteiger partial charge in [0.15, 0.2) is 0 Å². The third-order valence-electron chi connectivity index (χ3n) is 5.85. The van der Waals surface area contributed by atoms with Gasteiger partial charge in [0.25, 0.3) is 0 Å². The first-order valence-electron chi connectivity index (χ1n) is 11.7. The number of carbonyl (C=O) groups is 1. The Hall–Kier alpha value is -3.60. The molecule has 5 N–H and O–H groups in total. The van der Waals surface area contributed by atoms with Gasteiger partial charge in [-0.25, -0.2) is 13.2 Å². The predicted octanol–water partition coefficient (Wildman–Crippen LogP) is 3.84. The van der Waals surface area contributed by atoms with Crippen LogP contribution in [-0.4, -0.2) is 55.2 Å². The number of carboxylic acid groups (broad SMARTS) is 1. The van der Waals surface area contributed by atoms with Crippen LogP contribution in [0.2, 0.25) is 0 Å². The van der Waals surface area contributed by atoms with Crippen LogP contribution < -0.4 is 14.8 Å². The quantitative estimate of drug-likeness (QED) is 0.186. The smallest absolute Gasteiger partial charge is 0.335 e. The Morgan fingerprint density at radius 3 is 2.32 bits per heavy atom. The molecule has 3 rings (SSSR count). The zero-order valence-corrected chi connectivity index (χ0v) is 22.0. The number of nitrogens with one attached hydrogen (secondary N) is 2. The minimum absolute atomic E-state index is 0.00123. The van der Waals surface area contributed by atoms with Crippen LogP contribution in [0.1, 0.15) is 40.1 Å². The van der Waals surface area contributed by atoms with Gasteiger partial charge in [0.05, 0.1) is 23.6 Å². The van der Waals surface area contributed by atoms with Gasteiger partial charge in [0, 0.05) is 12.6 Å². The number of sulfonamides is 1. The number of aliphatic hydroxyl groups is 1. The average molecular weight is 529 g/mol. The molecule has 0 aliphatic heterocycles. The maximum Gasteiger partial charge on any atom is 0.335 e. The first kappa shape index (κ1) is 28.0. The topological polar surface area (TPSA) is 145 Å². The van der Waals surface area contributed by atoms with Gasteiger partial charge in [-0.3, -0.25) is 4.72 Å². The van der Waals surface area contributed by atoms with Crippen LogP contribution in [-0.2, 0) is 10.0 Å². The van der Waals surface area contributed by atoms with E-state index in [2.05, 4.69) is 10.0 Å². The molecule has 198 valence electrons. The van der Waals surface area contributed by atoms with Crippen molar-refractivity contribution in [3.05, 3.63) is 76.9 Å². The zero-order chi connectivity index (χ0) is 27.3. The monoisotopic (exact) mass is 528 g/mol. The molecule has 2 atom stereocenters. The van der Waals surface area contributed by atoms with Crippen LogP contribution in [0.25, 0.3) is 11.1 Å². The van der Waals surface area contributed by atoms with E-state index in [4.69, 9.17) is 4.74 Å². The Morgan fingerprint density at radius 2 is 1.70 bits per heavy atom. The van der Waals surface area contributed by atoms with Crippen molar-refractivity contribution in [1.82, 2.24) is 5.32 Å². The number of aliphatic hydroxyl groups excluding tert-OH is 1. The minimum Gasteiger partial charge on any atom is -0.506 e. The highest BCUT2D eigenvalue weighted by atomic mass is 32.2. The Morgan fingerprint density at radius 1 is 1.03 bits per heavy atom. The van der Waals surface area contributed by atoms with E-state index >= 15 is 0 Å². The predicted molar refractivity (Wildman–Crippen MR) is 143 cm³/mol. The number of aromatic hydroxyl groups is 1. The molecule has 0 unspecified atom stereocenters. The third kappa shape index (κ3) is 7.45. The van der Waals surface area contributed by atoms with Crippen molar-refractivity contribution < 1.29 is 33.3 Å². The fraction of sp³-hybridized carbons (Fsp3) is 0.296. The standard InChI is InChI=1S/C27H32N2O7S/c1-16-12-22(19-6-5-7-21(14-19)27(32)33)13-17(2)26(16)36-11-10-28-18(3)25(31)20-8-9-24(30)23(15-20)29-37(4,34)35/h5-9,12-15,18,25,28-31H,10-11H2,1-4H3,(H,32,33)/t18-,25-/m0/s1. The van der Waals surface area contributed by atoms with Crippen molar-refractivity contribution in [3.63, 3.8) is 0 Å². The molecular formula is C27H32N2O7S. The first-order valence-corrected chi connectivity index (χ1v) is 13.5. The van der Waals surface area contributed by atoms with Crippen molar-refractivity contribution in [2.45, 2.75) is 32.9 Å². The number of aryl methyl sites for hydroxylation is 2. The van der Waals surface area contributed by atoms with Gasteiger partial charge in [-0.05, 0) is 85.0 Å². The second-order valence-electron chi connectivity index (χ2n) is 9.01. The minimum atomic E-state index is -3.58. The summed E-state index contributed by atoms with van der Waals surface area (Å²) in [4.78, 5) is 11.3. The van der Waals surface area contributed by atoms with Crippen molar-refractivity contribution in [1.29, 1.82) is 0 Å². The maximum atomic E-state index is 11.5.